The van der Waals surface area contributed by atoms with E-state index in [4.69, 9.17) is 4.52 Å². The molecule has 0 saturated carbocycles. The summed E-state index contributed by atoms with van der Waals surface area (Å²) in [5, 5.41) is 8.21. The zero-order chi connectivity index (χ0) is 10.8. The molecule has 0 aliphatic heterocycles. The average molecular weight is 269 g/mol. The van der Waals surface area contributed by atoms with Crippen molar-refractivity contribution in [2.24, 2.45) is 0 Å². The zero-order valence-electron chi connectivity index (χ0n) is 8.80. The first kappa shape index (κ1) is 10.6. The van der Waals surface area contributed by atoms with Gasteiger partial charge in [-0.1, -0.05) is 21.1 Å². The highest BCUT2D eigenvalue weighted by Gasteiger charge is 2.10. The second kappa shape index (κ2) is 4.33. The van der Waals surface area contributed by atoms with Gasteiger partial charge in [-0.3, -0.25) is 0 Å². The van der Waals surface area contributed by atoms with E-state index >= 15 is 0 Å². The van der Waals surface area contributed by atoms with Gasteiger partial charge in [-0.05, 0) is 39.1 Å². The summed E-state index contributed by atoms with van der Waals surface area (Å²) in [7, 11) is 1.95. The average Bonchev–Trinajstić information content (AvgIpc) is 2.57. The summed E-state index contributed by atoms with van der Waals surface area (Å²) in [6.07, 6.45) is 0.946. The smallest absolute Gasteiger partial charge is 0.170 e. The lowest BCUT2D eigenvalue weighted by Gasteiger charge is -2.02. The van der Waals surface area contributed by atoms with Crippen molar-refractivity contribution in [1.82, 2.24) is 10.5 Å². The Labute approximate surface area is 97.0 Å². The maximum Gasteiger partial charge on any atom is 0.170 e. The Morgan fingerprint density at radius 1 is 1.47 bits per heavy atom. The Kier molecular flexibility index (Phi) is 3.07. The second-order valence-electron chi connectivity index (χ2n) is 3.56. The first-order chi connectivity index (χ1) is 7.22. The fourth-order valence-corrected chi connectivity index (χ4v) is 2.14. The number of halogens is 1. The summed E-state index contributed by atoms with van der Waals surface area (Å²) in [4.78, 5) is 0. The molecule has 0 atom stereocenters. The summed E-state index contributed by atoms with van der Waals surface area (Å²) in [6, 6.07) is 4.13. The third kappa shape index (κ3) is 2.06. The monoisotopic (exact) mass is 268 g/mol. The van der Waals surface area contributed by atoms with Crippen molar-refractivity contribution < 1.29 is 4.52 Å². The Balaban J connectivity index is 2.52. The van der Waals surface area contributed by atoms with E-state index < -0.39 is 0 Å². The summed E-state index contributed by atoms with van der Waals surface area (Å²) in [6.45, 7) is 2.89. The molecule has 0 amide bonds. The highest BCUT2D eigenvalue weighted by molar-refractivity contribution is 9.10. The van der Waals surface area contributed by atoms with Gasteiger partial charge in [-0.15, -0.1) is 0 Å². The van der Waals surface area contributed by atoms with E-state index in [1.807, 2.05) is 20.0 Å². The van der Waals surface area contributed by atoms with Crippen LogP contribution in [0.15, 0.2) is 21.1 Å². The van der Waals surface area contributed by atoms with Gasteiger partial charge >= 0.3 is 0 Å². The molecule has 0 fully saturated rings. The number of aromatic nitrogens is 1. The van der Waals surface area contributed by atoms with Crippen molar-refractivity contribution in [2.45, 2.75) is 13.3 Å². The predicted octanol–water partition coefficient (Wildman–Crippen LogP) is 2.66. The minimum atomic E-state index is 0.908. The van der Waals surface area contributed by atoms with Crippen LogP contribution in [0.25, 0.3) is 11.0 Å². The second-order valence-corrected chi connectivity index (χ2v) is 4.48. The number of likely N-dealkylation sites (N-methyl/N-ethyl adjacent to an activating group) is 1. The van der Waals surface area contributed by atoms with Crippen LogP contribution in [-0.4, -0.2) is 18.7 Å². The topological polar surface area (TPSA) is 38.1 Å². The number of benzene rings is 1. The molecule has 0 aliphatic rings. The van der Waals surface area contributed by atoms with Crippen LogP contribution in [0.5, 0.6) is 0 Å². The van der Waals surface area contributed by atoms with Gasteiger partial charge in [0.2, 0.25) is 0 Å². The zero-order valence-corrected chi connectivity index (χ0v) is 10.4. The molecule has 4 heteroatoms. The van der Waals surface area contributed by atoms with Crippen LogP contribution in [0.3, 0.4) is 0 Å². The van der Waals surface area contributed by atoms with Crippen LogP contribution in [0.1, 0.15) is 11.3 Å². The van der Waals surface area contributed by atoms with Crippen molar-refractivity contribution in [3.05, 3.63) is 27.9 Å². The summed E-state index contributed by atoms with van der Waals surface area (Å²) < 4.78 is 6.41. The van der Waals surface area contributed by atoms with Gasteiger partial charge in [0.05, 0.1) is 5.69 Å². The maximum atomic E-state index is 5.33. The fourth-order valence-electron chi connectivity index (χ4n) is 1.64. The summed E-state index contributed by atoms with van der Waals surface area (Å²) in [5.74, 6) is 0. The number of fused-ring (bicyclic) bond motifs is 1. The van der Waals surface area contributed by atoms with E-state index in [0.29, 0.717) is 0 Å². The number of rotatable bonds is 3. The third-order valence-electron chi connectivity index (χ3n) is 2.44. The molecule has 2 aromatic rings. The van der Waals surface area contributed by atoms with Gasteiger partial charge in [-0.25, -0.2) is 0 Å². The largest absolute Gasteiger partial charge is 0.356 e. The van der Waals surface area contributed by atoms with Crippen molar-refractivity contribution in [3.8, 4) is 0 Å². The predicted molar refractivity (Wildman–Crippen MR) is 64.1 cm³/mol. The number of hydrogen-bond donors (Lipinski definition) is 1. The van der Waals surface area contributed by atoms with Crippen LogP contribution in [0.4, 0.5) is 0 Å². The van der Waals surface area contributed by atoms with Gasteiger partial charge in [0.15, 0.2) is 5.58 Å². The highest BCUT2D eigenvalue weighted by Crippen LogP contribution is 2.26. The number of nitrogens with zero attached hydrogens (tertiary/aromatic N) is 1. The molecule has 1 heterocycles. The summed E-state index contributed by atoms with van der Waals surface area (Å²) >= 11 is 3.50. The molecule has 0 radical (unpaired) electrons. The normalized spacial score (nSPS) is 11.1. The molecule has 1 aromatic heterocycles. The Morgan fingerprint density at radius 2 is 2.27 bits per heavy atom. The minimum Gasteiger partial charge on any atom is -0.356 e. The van der Waals surface area contributed by atoms with E-state index in [1.165, 1.54) is 5.56 Å². The fraction of sp³-hybridized carbons (Fsp3) is 0.364. The Morgan fingerprint density at radius 3 is 3.00 bits per heavy atom. The quantitative estimate of drug-likeness (QED) is 0.930. The van der Waals surface area contributed by atoms with E-state index in [0.717, 1.165) is 34.1 Å². The van der Waals surface area contributed by atoms with Crippen LogP contribution >= 0.6 is 15.9 Å². The number of aryl methyl sites for hydroxylation is 1. The van der Waals surface area contributed by atoms with Gasteiger partial charge in [-0.2, -0.15) is 0 Å². The standard InChI is InChI=1S/C11H13BrN2O/c1-7-10-6-9(12)5-8(3-4-13-2)11(10)15-14-7/h5-6,13H,3-4H2,1-2H3. The molecule has 0 saturated heterocycles. The maximum absolute atomic E-state index is 5.33. The van der Waals surface area contributed by atoms with Gasteiger partial charge in [0.1, 0.15) is 0 Å². The van der Waals surface area contributed by atoms with Gasteiger partial charge in [0.25, 0.3) is 0 Å². The van der Waals surface area contributed by atoms with Crippen LogP contribution < -0.4 is 5.32 Å². The lowest BCUT2D eigenvalue weighted by atomic mass is 10.1. The molecule has 3 nitrogen and oxygen atoms in total. The first-order valence-corrected chi connectivity index (χ1v) is 5.70. The van der Waals surface area contributed by atoms with E-state index in [2.05, 4.69) is 32.5 Å². The van der Waals surface area contributed by atoms with E-state index in [-0.39, 0.29) is 0 Å². The highest BCUT2D eigenvalue weighted by atomic mass is 79.9. The number of nitrogens with one attached hydrogen (secondary N) is 1. The van der Waals surface area contributed by atoms with Gasteiger partial charge < -0.3 is 9.84 Å². The summed E-state index contributed by atoms with van der Waals surface area (Å²) in [5.41, 5.74) is 3.04. The first-order valence-electron chi connectivity index (χ1n) is 4.91. The molecule has 1 N–H and O–H groups in total. The molecule has 0 bridgehead atoms. The van der Waals surface area contributed by atoms with E-state index in [1.54, 1.807) is 0 Å². The lowest BCUT2D eigenvalue weighted by molar-refractivity contribution is 0.448. The lowest BCUT2D eigenvalue weighted by Crippen LogP contribution is -2.10. The molecule has 1 aromatic carbocycles. The molecule has 2 rings (SSSR count). The third-order valence-corrected chi connectivity index (χ3v) is 2.90. The minimum absolute atomic E-state index is 0.908. The Bertz CT molecular complexity index is 479. The molecule has 0 unspecified atom stereocenters. The van der Waals surface area contributed by atoms with Crippen LogP contribution in [0, 0.1) is 6.92 Å². The van der Waals surface area contributed by atoms with Gasteiger partial charge in [0, 0.05) is 15.4 Å². The molecule has 15 heavy (non-hydrogen) atoms. The molecule has 80 valence electrons. The van der Waals surface area contributed by atoms with Crippen molar-refractivity contribution >= 4 is 26.9 Å². The van der Waals surface area contributed by atoms with E-state index in [9.17, 15) is 0 Å². The number of hydrogen-bond acceptors (Lipinski definition) is 3. The van der Waals surface area contributed by atoms with Crippen molar-refractivity contribution in [1.29, 1.82) is 0 Å². The van der Waals surface area contributed by atoms with Crippen LogP contribution in [-0.2, 0) is 6.42 Å². The van der Waals surface area contributed by atoms with Crippen molar-refractivity contribution in [3.63, 3.8) is 0 Å². The SMILES string of the molecule is CNCCc1cc(Br)cc2c(C)noc12. The molecule has 0 spiro atoms. The van der Waals surface area contributed by atoms with Crippen LogP contribution in [0.2, 0.25) is 0 Å². The molecular weight excluding hydrogens is 256 g/mol. The molecule has 0 aliphatic carbocycles. The Hall–Kier alpha value is -0.870. The van der Waals surface area contributed by atoms with Crippen molar-refractivity contribution in [2.75, 3.05) is 13.6 Å². The molecular formula is C11H13BrN2O.